The van der Waals surface area contributed by atoms with Crippen molar-refractivity contribution in [1.29, 1.82) is 0 Å². The second-order valence-electron chi connectivity index (χ2n) is 4.28. The summed E-state index contributed by atoms with van der Waals surface area (Å²) in [6.45, 7) is -0.464. The Labute approximate surface area is 131 Å². The minimum absolute atomic E-state index is 0.0769. The molecule has 7 heteroatoms. The molecule has 21 heavy (non-hydrogen) atoms. The smallest absolute Gasteiger partial charge is 0.211 e. The van der Waals surface area contributed by atoms with Gasteiger partial charge in [-0.05, 0) is 24.1 Å². The first-order chi connectivity index (χ1) is 9.97. The highest BCUT2D eigenvalue weighted by atomic mass is 32.2. The van der Waals surface area contributed by atoms with Crippen LogP contribution in [0.1, 0.15) is 17.9 Å². The third-order valence-electron chi connectivity index (χ3n) is 2.84. The van der Waals surface area contributed by atoms with Crippen LogP contribution in [0.25, 0.3) is 0 Å². The zero-order valence-corrected chi connectivity index (χ0v) is 13.4. The number of carbonyl (C=O) groups is 1. The summed E-state index contributed by atoms with van der Waals surface area (Å²) in [7, 11) is 0. The highest BCUT2D eigenvalue weighted by Gasteiger charge is 2.23. The molecule has 0 aliphatic carbocycles. The van der Waals surface area contributed by atoms with Crippen molar-refractivity contribution in [2.24, 2.45) is 0 Å². The third kappa shape index (κ3) is 5.89. The maximum absolute atomic E-state index is 13.8. The van der Waals surface area contributed by atoms with Crippen molar-refractivity contribution in [1.82, 2.24) is 0 Å². The largest absolute Gasteiger partial charge is 0.295 e. The normalized spacial score (nSPS) is 11.8. The monoisotopic (exact) mass is 329 g/mol. The Bertz CT molecular complexity index is 543. The Hall–Kier alpha value is -1.34. The number of ketones is 1. The summed E-state index contributed by atoms with van der Waals surface area (Å²) in [6, 6.07) is 5.87. The van der Waals surface area contributed by atoms with Crippen molar-refractivity contribution in [3.05, 3.63) is 56.1 Å². The van der Waals surface area contributed by atoms with Crippen LogP contribution in [0.5, 0.6) is 0 Å². The van der Waals surface area contributed by atoms with E-state index in [0.717, 1.165) is 4.24 Å². The Morgan fingerprint density at radius 3 is 2.52 bits per heavy atom. The summed E-state index contributed by atoms with van der Waals surface area (Å²) in [5.74, 6) is -1.50. The van der Waals surface area contributed by atoms with Gasteiger partial charge < -0.3 is 0 Å². The van der Waals surface area contributed by atoms with Gasteiger partial charge in [0.25, 0.3) is 0 Å². The molecular weight excluding hydrogens is 313 g/mol. The van der Waals surface area contributed by atoms with Crippen molar-refractivity contribution >= 4 is 29.3 Å². The lowest BCUT2D eigenvalue weighted by molar-refractivity contribution is -0.483. The Balaban J connectivity index is 2.95. The minimum atomic E-state index is -0.755. The summed E-state index contributed by atoms with van der Waals surface area (Å²) in [6.07, 6.45) is 5.08. The van der Waals surface area contributed by atoms with Crippen molar-refractivity contribution in [3.8, 4) is 0 Å². The van der Waals surface area contributed by atoms with Crippen LogP contribution in [0.2, 0.25) is 0 Å². The fourth-order valence-electron chi connectivity index (χ4n) is 1.89. The second kappa shape index (κ2) is 8.84. The number of thioether (sulfide) groups is 2. The number of allylic oxidation sites excluding steroid dienone is 1. The quantitative estimate of drug-likeness (QED) is 0.413. The van der Waals surface area contributed by atoms with Gasteiger partial charge in [-0.25, -0.2) is 4.39 Å². The Kier molecular flexibility index (Phi) is 7.45. The Morgan fingerprint density at radius 2 is 2.00 bits per heavy atom. The maximum atomic E-state index is 13.8. The minimum Gasteiger partial charge on any atom is -0.295 e. The predicted molar refractivity (Wildman–Crippen MR) is 85.7 cm³/mol. The van der Waals surface area contributed by atoms with Gasteiger partial charge in [-0.1, -0.05) is 18.2 Å². The molecule has 0 saturated heterocycles. The summed E-state index contributed by atoms with van der Waals surface area (Å²) in [5, 5.41) is 10.8. The number of nitro groups is 1. The number of hydrogen-bond acceptors (Lipinski definition) is 5. The van der Waals surface area contributed by atoms with Crippen molar-refractivity contribution < 1.29 is 14.1 Å². The van der Waals surface area contributed by atoms with Gasteiger partial charge in [0.15, 0.2) is 5.78 Å². The average Bonchev–Trinajstić information content (AvgIpc) is 2.44. The highest BCUT2D eigenvalue weighted by molar-refractivity contribution is 8.21. The topological polar surface area (TPSA) is 60.2 Å². The third-order valence-corrected chi connectivity index (χ3v) is 4.88. The molecule has 0 spiro atoms. The molecule has 0 bridgehead atoms. The highest BCUT2D eigenvalue weighted by Crippen LogP contribution is 2.27. The molecule has 4 nitrogen and oxygen atoms in total. The summed E-state index contributed by atoms with van der Waals surface area (Å²) < 4.78 is 14.6. The molecule has 1 unspecified atom stereocenters. The summed E-state index contributed by atoms with van der Waals surface area (Å²) >= 11 is 2.87. The second-order valence-corrected chi connectivity index (χ2v) is 6.23. The molecule has 0 N–H and O–H groups in total. The lowest BCUT2D eigenvalue weighted by Crippen LogP contribution is -2.17. The summed E-state index contributed by atoms with van der Waals surface area (Å²) in [4.78, 5) is 22.2. The van der Waals surface area contributed by atoms with Gasteiger partial charge in [-0.2, -0.15) is 0 Å². The number of rotatable bonds is 8. The molecule has 1 aromatic carbocycles. The van der Waals surface area contributed by atoms with E-state index in [-0.39, 0.29) is 17.8 Å². The molecule has 0 fully saturated rings. The van der Waals surface area contributed by atoms with Gasteiger partial charge in [0.1, 0.15) is 5.82 Å². The van der Waals surface area contributed by atoms with E-state index in [1.165, 1.54) is 47.8 Å². The van der Waals surface area contributed by atoms with Crippen LogP contribution in [0.4, 0.5) is 4.39 Å². The molecule has 0 heterocycles. The Morgan fingerprint density at radius 1 is 1.38 bits per heavy atom. The zero-order valence-electron chi connectivity index (χ0n) is 11.7. The van der Waals surface area contributed by atoms with Crippen LogP contribution in [0, 0.1) is 15.9 Å². The molecule has 0 aromatic heterocycles. The first kappa shape index (κ1) is 17.7. The van der Waals surface area contributed by atoms with Gasteiger partial charge in [-0.3, -0.25) is 14.9 Å². The van der Waals surface area contributed by atoms with Gasteiger partial charge in [0.2, 0.25) is 6.54 Å². The van der Waals surface area contributed by atoms with Crippen molar-refractivity contribution in [2.45, 2.75) is 12.3 Å². The van der Waals surface area contributed by atoms with Crippen molar-refractivity contribution in [2.75, 3.05) is 19.1 Å². The van der Waals surface area contributed by atoms with Crippen LogP contribution in [0.3, 0.4) is 0 Å². The zero-order chi connectivity index (χ0) is 15.8. The van der Waals surface area contributed by atoms with E-state index in [0.29, 0.717) is 0 Å². The van der Waals surface area contributed by atoms with E-state index in [1.54, 1.807) is 6.07 Å². The van der Waals surface area contributed by atoms with Gasteiger partial charge >= 0.3 is 0 Å². The number of halogens is 1. The summed E-state index contributed by atoms with van der Waals surface area (Å²) in [5.41, 5.74) is 0.214. The molecule has 114 valence electrons. The van der Waals surface area contributed by atoms with E-state index < -0.39 is 23.2 Å². The lowest BCUT2D eigenvalue weighted by Gasteiger charge is -2.12. The molecule has 0 aliphatic rings. The van der Waals surface area contributed by atoms with Crippen molar-refractivity contribution in [3.63, 3.8) is 0 Å². The number of hydrogen-bond donors (Lipinski definition) is 0. The van der Waals surface area contributed by atoms with Crippen LogP contribution in [-0.4, -0.2) is 29.8 Å². The number of carbonyl (C=O) groups excluding carboxylic acids is 1. The fourth-order valence-corrected chi connectivity index (χ4v) is 3.06. The lowest BCUT2D eigenvalue weighted by atomic mass is 9.93. The van der Waals surface area contributed by atoms with Crippen LogP contribution in [-0.2, 0) is 4.79 Å². The number of nitrogens with zero attached hydrogens (tertiary/aromatic N) is 1. The molecule has 0 radical (unpaired) electrons. The molecule has 1 atom stereocenters. The molecule has 0 aliphatic heterocycles. The van der Waals surface area contributed by atoms with E-state index in [2.05, 4.69) is 0 Å². The number of benzene rings is 1. The van der Waals surface area contributed by atoms with Crippen LogP contribution >= 0.6 is 23.5 Å². The van der Waals surface area contributed by atoms with E-state index in [9.17, 15) is 19.3 Å². The van der Waals surface area contributed by atoms with Crippen LogP contribution in [0.15, 0.2) is 34.6 Å². The predicted octanol–water partition coefficient (Wildman–Crippen LogP) is 3.71. The van der Waals surface area contributed by atoms with Gasteiger partial charge in [0, 0.05) is 21.7 Å². The molecule has 1 aromatic rings. The maximum Gasteiger partial charge on any atom is 0.211 e. The van der Waals surface area contributed by atoms with E-state index >= 15 is 0 Å². The molecular formula is C14H16FNO3S2. The van der Waals surface area contributed by atoms with E-state index in [4.69, 9.17) is 0 Å². The first-order valence-electron chi connectivity index (χ1n) is 6.16. The van der Waals surface area contributed by atoms with Gasteiger partial charge in [-0.15, -0.1) is 23.5 Å². The first-order valence-corrected chi connectivity index (χ1v) is 8.61. The van der Waals surface area contributed by atoms with Gasteiger partial charge in [0.05, 0.1) is 5.92 Å². The fraction of sp³-hybridized carbons (Fsp3) is 0.357. The molecule has 0 saturated carbocycles. The molecule has 1 rings (SSSR count). The molecule has 0 amide bonds. The standard InChI is InChI=1S/C14H16FNO3S2/c1-20-14(21-2)8-11(17)7-10(9-16(18)19)12-5-3-4-6-13(12)15/h3-6,8,10H,7,9H2,1-2H3. The SMILES string of the molecule is CSC(=CC(=O)CC(C[N+](=O)[O-])c1ccccc1F)SC. The van der Waals surface area contributed by atoms with E-state index in [1.807, 2.05) is 12.5 Å². The van der Waals surface area contributed by atoms with Crippen LogP contribution < -0.4 is 0 Å². The average molecular weight is 329 g/mol.